The lowest BCUT2D eigenvalue weighted by Gasteiger charge is -2.20. The third kappa shape index (κ3) is 11.9. The fourth-order valence-electron chi connectivity index (χ4n) is 4.93. The van der Waals surface area contributed by atoms with E-state index in [1.165, 1.54) is 102 Å². The Morgan fingerprint density at radius 1 is 0.424 bits per heavy atom. The average molecular weight is 481 g/mol. The zero-order valence-electron chi connectivity index (χ0n) is 22.1. The number of benzene rings is 1. The minimum Gasteiger partial charge on any atom is -0.504 e. The molecule has 2 nitrogen and oxygen atoms in total. The van der Waals surface area contributed by atoms with Crippen molar-refractivity contribution in [3.05, 3.63) is 21.7 Å². The van der Waals surface area contributed by atoms with Gasteiger partial charge in [0.2, 0.25) is 0 Å². The summed E-state index contributed by atoms with van der Waals surface area (Å²) < 4.78 is 0. The van der Waals surface area contributed by atoms with E-state index < -0.39 is 0 Å². The van der Waals surface area contributed by atoms with Crippen LogP contribution in [0.25, 0.3) is 0 Å². The largest absolute Gasteiger partial charge is 0.504 e. The lowest BCUT2D eigenvalue weighted by molar-refractivity contribution is 0.396. The number of halogens is 1. The van der Waals surface area contributed by atoms with Gasteiger partial charge in [-0.05, 0) is 49.7 Å². The molecule has 0 unspecified atom stereocenters. The van der Waals surface area contributed by atoms with Gasteiger partial charge in [-0.25, -0.2) is 0 Å². The molecule has 0 spiro atoms. The molecule has 0 aliphatic carbocycles. The summed E-state index contributed by atoms with van der Waals surface area (Å²) in [5.41, 5.74) is 3.33. The molecule has 3 heteroatoms. The molecule has 0 aliphatic rings. The van der Waals surface area contributed by atoms with Crippen LogP contribution in [0.5, 0.6) is 11.5 Å². The maximum absolute atomic E-state index is 10.8. The van der Waals surface area contributed by atoms with E-state index in [1.807, 2.05) is 0 Å². The molecule has 0 amide bonds. The van der Waals surface area contributed by atoms with Crippen molar-refractivity contribution in [2.24, 2.45) is 0 Å². The lowest BCUT2D eigenvalue weighted by atomic mass is 9.88. The quantitative estimate of drug-likeness (QED) is 0.135. The maximum atomic E-state index is 10.8. The van der Waals surface area contributed by atoms with Crippen molar-refractivity contribution >= 4 is 11.6 Å². The summed E-state index contributed by atoms with van der Waals surface area (Å²) in [6, 6.07) is 0. The Morgan fingerprint density at radius 2 is 0.758 bits per heavy atom. The number of unbranched alkanes of at least 4 members (excludes halogenated alkanes) is 15. The first-order valence-electron chi connectivity index (χ1n) is 14.3. The number of aromatic hydroxyl groups is 2. The minimum absolute atomic E-state index is 0.0428. The molecule has 0 radical (unpaired) electrons. The van der Waals surface area contributed by atoms with Crippen LogP contribution in [-0.2, 0) is 19.3 Å². The van der Waals surface area contributed by atoms with Gasteiger partial charge >= 0.3 is 0 Å². The van der Waals surface area contributed by atoms with E-state index in [0.717, 1.165) is 49.7 Å². The van der Waals surface area contributed by atoms with Crippen LogP contribution in [0.3, 0.4) is 0 Å². The molecule has 0 saturated heterocycles. The Bertz CT molecular complexity index is 583. The highest BCUT2D eigenvalue weighted by atomic mass is 35.5. The molecule has 1 rings (SSSR count). The van der Waals surface area contributed by atoms with Gasteiger partial charge in [-0.1, -0.05) is 129 Å². The fourth-order valence-corrected chi connectivity index (χ4v) is 5.22. The summed E-state index contributed by atoms with van der Waals surface area (Å²) in [6.45, 7) is 6.75. The molecule has 0 heterocycles. The SMILES string of the molecule is CCCCCCCCc1c(O)c(O)c(Cl)c(CCCCCCCC)c1CCCCCCCC. The zero-order chi connectivity index (χ0) is 24.3. The van der Waals surface area contributed by atoms with E-state index in [-0.39, 0.29) is 11.5 Å². The number of hydrogen-bond acceptors (Lipinski definition) is 2. The summed E-state index contributed by atoms with van der Waals surface area (Å²) >= 11 is 6.63. The van der Waals surface area contributed by atoms with E-state index in [2.05, 4.69) is 20.8 Å². The average Bonchev–Trinajstić information content (AvgIpc) is 2.82. The molecule has 0 fully saturated rings. The van der Waals surface area contributed by atoms with Crippen LogP contribution in [0.2, 0.25) is 5.02 Å². The number of rotatable bonds is 21. The summed E-state index contributed by atoms with van der Waals surface area (Å²) in [7, 11) is 0. The lowest BCUT2D eigenvalue weighted by Crippen LogP contribution is -2.04. The predicted octanol–water partition coefficient (Wildman–Crippen LogP) is 10.5. The van der Waals surface area contributed by atoms with Gasteiger partial charge in [0.25, 0.3) is 0 Å². The van der Waals surface area contributed by atoms with E-state index in [4.69, 9.17) is 11.6 Å². The first-order chi connectivity index (χ1) is 16.1. The molecule has 0 saturated carbocycles. The first-order valence-corrected chi connectivity index (χ1v) is 14.7. The van der Waals surface area contributed by atoms with E-state index in [1.54, 1.807) is 0 Å². The van der Waals surface area contributed by atoms with Crippen LogP contribution in [0.4, 0.5) is 0 Å². The summed E-state index contributed by atoms with van der Waals surface area (Å²) in [5.74, 6) is -0.0495. The molecule has 192 valence electrons. The normalized spacial score (nSPS) is 11.4. The maximum Gasteiger partial charge on any atom is 0.177 e. The standard InChI is InChI=1S/C30H53ClO2/c1-4-7-10-13-16-19-22-25-26(23-20-17-14-11-8-5-2)28(31)30(33)29(32)27(25)24-21-18-15-12-9-6-3/h32-33H,4-24H2,1-3H3. The fraction of sp³-hybridized carbons (Fsp3) is 0.800. The molecule has 0 aromatic heterocycles. The Balaban J connectivity index is 2.90. The van der Waals surface area contributed by atoms with Crippen LogP contribution in [-0.4, -0.2) is 10.2 Å². The Morgan fingerprint density at radius 3 is 1.18 bits per heavy atom. The van der Waals surface area contributed by atoms with Gasteiger partial charge in [-0.2, -0.15) is 0 Å². The van der Waals surface area contributed by atoms with Crippen molar-refractivity contribution in [1.29, 1.82) is 0 Å². The van der Waals surface area contributed by atoms with Gasteiger partial charge in [0, 0.05) is 5.56 Å². The Kier molecular flexibility index (Phi) is 17.7. The third-order valence-electron chi connectivity index (χ3n) is 7.05. The summed E-state index contributed by atoms with van der Waals surface area (Å²) in [6.07, 6.45) is 25.1. The van der Waals surface area contributed by atoms with Crippen LogP contribution in [0.1, 0.15) is 153 Å². The van der Waals surface area contributed by atoms with Crippen LogP contribution < -0.4 is 0 Å². The molecule has 1 aromatic rings. The van der Waals surface area contributed by atoms with E-state index in [9.17, 15) is 10.2 Å². The van der Waals surface area contributed by atoms with Gasteiger partial charge in [0.05, 0.1) is 5.02 Å². The van der Waals surface area contributed by atoms with Gasteiger partial charge in [-0.3, -0.25) is 0 Å². The van der Waals surface area contributed by atoms with Crippen molar-refractivity contribution in [2.45, 2.75) is 156 Å². The highest BCUT2D eigenvalue weighted by molar-refractivity contribution is 6.33. The Labute approximate surface area is 210 Å². The monoisotopic (exact) mass is 480 g/mol. The highest BCUT2D eigenvalue weighted by Crippen LogP contribution is 2.43. The van der Waals surface area contributed by atoms with Crippen molar-refractivity contribution < 1.29 is 10.2 Å². The summed E-state index contributed by atoms with van der Waals surface area (Å²) in [4.78, 5) is 0. The van der Waals surface area contributed by atoms with Gasteiger partial charge in [-0.15, -0.1) is 0 Å². The molecule has 33 heavy (non-hydrogen) atoms. The van der Waals surface area contributed by atoms with Crippen LogP contribution in [0.15, 0.2) is 0 Å². The van der Waals surface area contributed by atoms with Crippen molar-refractivity contribution in [1.82, 2.24) is 0 Å². The predicted molar refractivity (Wildman–Crippen MR) is 146 cm³/mol. The molecule has 0 bridgehead atoms. The Hall–Kier alpha value is -0.890. The van der Waals surface area contributed by atoms with Gasteiger partial charge < -0.3 is 10.2 Å². The second kappa shape index (κ2) is 19.4. The highest BCUT2D eigenvalue weighted by Gasteiger charge is 2.22. The van der Waals surface area contributed by atoms with E-state index in [0.29, 0.717) is 5.02 Å². The van der Waals surface area contributed by atoms with Crippen LogP contribution >= 0.6 is 11.6 Å². The second-order valence-corrected chi connectivity index (χ2v) is 10.4. The summed E-state index contributed by atoms with van der Waals surface area (Å²) in [5, 5.41) is 21.9. The minimum atomic E-state index is -0.0923. The topological polar surface area (TPSA) is 40.5 Å². The zero-order valence-corrected chi connectivity index (χ0v) is 22.9. The number of phenolic OH excluding ortho intramolecular Hbond substituents is 2. The first kappa shape index (κ1) is 30.1. The van der Waals surface area contributed by atoms with E-state index >= 15 is 0 Å². The molecule has 2 N–H and O–H groups in total. The van der Waals surface area contributed by atoms with Gasteiger partial charge in [0.1, 0.15) is 0 Å². The second-order valence-electron chi connectivity index (χ2n) is 10.0. The van der Waals surface area contributed by atoms with Crippen LogP contribution in [0, 0.1) is 0 Å². The number of phenols is 2. The third-order valence-corrected chi connectivity index (χ3v) is 7.46. The molecule has 0 aliphatic heterocycles. The number of hydrogen-bond donors (Lipinski definition) is 2. The molecular weight excluding hydrogens is 428 g/mol. The molecular formula is C30H53ClO2. The smallest absolute Gasteiger partial charge is 0.177 e. The van der Waals surface area contributed by atoms with Crippen molar-refractivity contribution in [3.8, 4) is 11.5 Å². The van der Waals surface area contributed by atoms with Crippen molar-refractivity contribution in [3.63, 3.8) is 0 Å². The van der Waals surface area contributed by atoms with Crippen molar-refractivity contribution in [2.75, 3.05) is 0 Å². The molecule has 1 aromatic carbocycles. The van der Waals surface area contributed by atoms with Gasteiger partial charge in [0.15, 0.2) is 11.5 Å². The molecule has 0 atom stereocenters.